The first kappa shape index (κ1) is 11.2. The Kier molecular flexibility index (Phi) is 3.41. The van der Waals surface area contributed by atoms with Crippen molar-refractivity contribution >= 4 is 0 Å². The third kappa shape index (κ3) is 2.68. The molecule has 3 rings (SSSR count). The predicted octanol–water partition coefficient (Wildman–Crippen LogP) is 1.20. The highest BCUT2D eigenvalue weighted by molar-refractivity contribution is 5.14. The van der Waals surface area contributed by atoms with E-state index in [9.17, 15) is 0 Å². The summed E-state index contributed by atoms with van der Waals surface area (Å²) >= 11 is 0. The molecular formula is C14H20N2O. The van der Waals surface area contributed by atoms with Gasteiger partial charge in [0.15, 0.2) is 0 Å². The van der Waals surface area contributed by atoms with Crippen molar-refractivity contribution in [2.45, 2.75) is 12.6 Å². The van der Waals surface area contributed by atoms with Gasteiger partial charge in [-0.15, -0.1) is 0 Å². The van der Waals surface area contributed by atoms with Crippen LogP contribution in [0.25, 0.3) is 0 Å². The van der Waals surface area contributed by atoms with E-state index >= 15 is 0 Å². The van der Waals surface area contributed by atoms with Gasteiger partial charge in [-0.2, -0.15) is 0 Å². The van der Waals surface area contributed by atoms with E-state index in [-0.39, 0.29) is 0 Å². The smallest absolute Gasteiger partial charge is 0.0645 e. The molecule has 0 amide bonds. The van der Waals surface area contributed by atoms with Gasteiger partial charge in [0.1, 0.15) is 0 Å². The Labute approximate surface area is 103 Å². The average molecular weight is 232 g/mol. The quantitative estimate of drug-likeness (QED) is 0.779. The maximum absolute atomic E-state index is 5.26. The molecule has 0 aliphatic carbocycles. The molecule has 1 aromatic carbocycles. The predicted molar refractivity (Wildman–Crippen MR) is 67.9 cm³/mol. The van der Waals surface area contributed by atoms with Gasteiger partial charge in [0.2, 0.25) is 0 Å². The van der Waals surface area contributed by atoms with E-state index in [1.54, 1.807) is 0 Å². The van der Waals surface area contributed by atoms with E-state index < -0.39 is 0 Å². The summed E-state index contributed by atoms with van der Waals surface area (Å²) in [4.78, 5) is 5.12. The van der Waals surface area contributed by atoms with Crippen LogP contribution in [0, 0.1) is 0 Å². The normalized spacial score (nSPS) is 23.5. The highest BCUT2D eigenvalue weighted by Gasteiger charge is 2.28. The number of nitrogens with zero attached hydrogens (tertiary/aromatic N) is 2. The van der Waals surface area contributed by atoms with Gasteiger partial charge in [-0.05, 0) is 5.56 Å². The Bertz CT molecular complexity index is 342. The third-order valence-electron chi connectivity index (χ3n) is 3.79. The van der Waals surface area contributed by atoms with Gasteiger partial charge in [0.25, 0.3) is 0 Å². The Morgan fingerprint density at radius 3 is 2.29 bits per heavy atom. The topological polar surface area (TPSA) is 15.7 Å². The number of piperazine rings is 1. The molecule has 0 N–H and O–H groups in total. The zero-order valence-electron chi connectivity index (χ0n) is 10.2. The fourth-order valence-corrected chi connectivity index (χ4v) is 2.56. The molecule has 2 saturated heterocycles. The van der Waals surface area contributed by atoms with E-state index in [0.717, 1.165) is 19.8 Å². The lowest BCUT2D eigenvalue weighted by Gasteiger charge is -2.42. The minimum Gasteiger partial charge on any atom is -0.378 e. The molecular weight excluding hydrogens is 212 g/mol. The molecule has 2 aliphatic rings. The van der Waals surface area contributed by atoms with Crippen LogP contribution in [-0.2, 0) is 11.3 Å². The van der Waals surface area contributed by atoms with Crippen molar-refractivity contribution in [3.05, 3.63) is 35.9 Å². The average Bonchev–Trinajstić information content (AvgIpc) is 2.31. The Morgan fingerprint density at radius 2 is 1.71 bits per heavy atom. The van der Waals surface area contributed by atoms with Crippen LogP contribution in [0.1, 0.15) is 5.56 Å². The standard InChI is InChI=1S/C14H20N2O/c1-2-4-13(5-3-1)10-15-6-8-16(9-7-15)14-11-17-12-14/h1-5,14H,6-12H2. The number of ether oxygens (including phenoxy) is 1. The first-order valence-electron chi connectivity index (χ1n) is 6.50. The van der Waals surface area contributed by atoms with Gasteiger partial charge in [-0.25, -0.2) is 0 Å². The van der Waals surface area contributed by atoms with E-state index in [2.05, 4.69) is 40.1 Å². The van der Waals surface area contributed by atoms with Crippen LogP contribution < -0.4 is 0 Å². The van der Waals surface area contributed by atoms with Crippen LogP contribution >= 0.6 is 0 Å². The summed E-state index contributed by atoms with van der Waals surface area (Å²) in [6, 6.07) is 11.5. The molecule has 1 aromatic rings. The van der Waals surface area contributed by atoms with E-state index in [1.807, 2.05) is 0 Å². The van der Waals surface area contributed by atoms with Crippen LogP contribution in [0.3, 0.4) is 0 Å². The van der Waals surface area contributed by atoms with Crippen LogP contribution in [0.5, 0.6) is 0 Å². The zero-order chi connectivity index (χ0) is 11.5. The second kappa shape index (κ2) is 5.17. The monoisotopic (exact) mass is 232 g/mol. The largest absolute Gasteiger partial charge is 0.378 e. The summed E-state index contributed by atoms with van der Waals surface area (Å²) in [5.41, 5.74) is 1.42. The van der Waals surface area contributed by atoms with Crippen molar-refractivity contribution in [3.8, 4) is 0 Å². The SMILES string of the molecule is c1ccc(CN2CCN(C3COC3)CC2)cc1. The van der Waals surface area contributed by atoms with Crippen molar-refractivity contribution in [2.24, 2.45) is 0 Å². The lowest BCUT2D eigenvalue weighted by atomic mass is 10.1. The summed E-state index contributed by atoms with van der Waals surface area (Å²) in [5, 5.41) is 0. The van der Waals surface area contributed by atoms with Gasteiger partial charge in [0, 0.05) is 32.7 Å². The highest BCUT2D eigenvalue weighted by Crippen LogP contribution is 2.14. The van der Waals surface area contributed by atoms with Crippen LogP contribution in [0.2, 0.25) is 0 Å². The molecule has 3 heteroatoms. The van der Waals surface area contributed by atoms with Crippen molar-refractivity contribution in [3.63, 3.8) is 0 Å². The molecule has 0 bridgehead atoms. The maximum atomic E-state index is 5.26. The van der Waals surface area contributed by atoms with E-state index in [4.69, 9.17) is 4.74 Å². The number of hydrogen-bond donors (Lipinski definition) is 0. The van der Waals surface area contributed by atoms with E-state index in [0.29, 0.717) is 6.04 Å². The summed E-state index contributed by atoms with van der Waals surface area (Å²) in [6.45, 7) is 7.74. The maximum Gasteiger partial charge on any atom is 0.0645 e. The molecule has 2 heterocycles. The summed E-state index contributed by atoms with van der Waals surface area (Å²) in [6.07, 6.45) is 0. The highest BCUT2D eigenvalue weighted by atomic mass is 16.5. The van der Waals surface area contributed by atoms with Gasteiger partial charge in [0.05, 0.1) is 19.3 Å². The molecule has 3 nitrogen and oxygen atoms in total. The van der Waals surface area contributed by atoms with Gasteiger partial charge >= 0.3 is 0 Å². The van der Waals surface area contributed by atoms with Gasteiger partial charge in [-0.1, -0.05) is 30.3 Å². The number of rotatable bonds is 3. The zero-order valence-corrected chi connectivity index (χ0v) is 10.2. The molecule has 0 unspecified atom stereocenters. The summed E-state index contributed by atoms with van der Waals surface area (Å²) in [7, 11) is 0. The second-order valence-corrected chi connectivity index (χ2v) is 4.99. The molecule has 0 saturated carbocycles. The van der Waals surface area contributed by atoms with Crippen LogP contribution in [0.4, 0.5) is 0 Å². The molecule has 17 heavy (non-hydrogen) atoms. The second-order valence-electron chi connectivity index (χ2n) is 4.99. The van der Waals surface area contributed by atoms with Crippen molar-refractivity contribution < 1.29 is 4.74 Å². The third-order valence-corrected chi connectivity index (χ3v) is 3.79. The minimum absolute atomic E-state index is 0.703. The fraction of sp³-hybridized carbons (Fsp3) is 0.571. The van der Waals surface area contributed by atoms with Crippen LogP contribution in [-0.4, -0.2) is 55.2 Å². The van der Waals surface area contributed by atoms with E-state index in [1.165, 1.54) is 31.7 Å². The number of benzene rings is 1. The van der Waals surface area contributed by atoms with Crippen molar-refractivity contribution in [2.75, 3.05) is 39.4 Å². The molecule has 92 valence electrons. The first-order chi connectivity index (χ1) is 8.42. The Balaban J connectivity index is 1.48. The summed E-state index contributed by atoms with van der Waals surface area (Å²) < 4.78 is 5.26. The molecule has 0 aromatic heterocycles. The molecule has 0 atom stereocenters. The molecule has 2 aliphatic heterocycles. The molecule has 0 radical (unpaired) electrons. The van der Waals surface area contributed by atoms with Crippen molar-refractivity contribution in [1.82, 2.24) is 9.80 Å². The lowest BCUT2D eigenvalue weighted by Crippen LogP contribution is -2.56. The minimum atomic E-state index is 0.703. The fourth-order valence-electron chi connectivity index (χ4n) is 2.56. The van der Waals surface area contributed by atoms with Gasteiger partial charge in [-0.3, -0.25) is 9.80 Å². The Morgan fingerprint density at radius 1 is 1.00 bits per heavy atom. The Hall–Kier alpha value is -0.900. The molecule has 0 spiro atoms. The molecule has 2 fully saturated rings. The first-order valence-corrected chi connectivity index (χ1v) is 6.50. The van der Waals surface area contributed by atoms with Gasteiger partial charge < -0.3 is 4.74 Å². The van der Waals surface area contributed by atoms with Crippen LogP contribution in [0.15, 0.2) is 30.3 Å². The van der Waals surface area contributed by atoms with Crippen molar-refractivity contribution in [1.29, 1.82) is 0 Å². The lowest BCUT2D eigenvalue weighted by molar-refractivity contribution is -0.0774. The summed E-state index contributed by atoms with van der Waals surface area (Å²) in [5.74, 6) is 0. The number of hydrogen-bond acceptors (Lipinski definition) is 3.